The van der Waals surface area contributed by atoms with Gasteiger partial charge in [0, 0.05) is 25.7 Å². The van der Waals surface area contributed by atoms with Crippen LogP contribution in [0.2, 0.25) is 0 Å². The zero-order chi connectivity index (χ0) is 65.4. The third-order valence-corrected chi connectivity index (χ3v) is 18.3. The Morgan fingerprint density at radius 2 is 0.449 bits per heavy atom. The Morgan fingerprint density at radius 3 is 0.663 bits per heavy atom. The molecule has 0 rings (SSSR count). The fraction of sp³-hybridized carbons (Fsp3) is 0.943. The van der Waals surface area contributed by atoms with Crippen LogP contribution in [0.1, 0.15) is 368 Å². The number of ether oxygens (including phenoxy) is 4. The van der Waals surface area contributed by atoms with E-state index in [0.29, 0.717) is 25.7 Å². The number of carbonyl (C=O) groups excluding carboxylic acids is 4. The molecule has 0 bridgehead atoms. The fourth-order valence-corrected chi connectivity index (χ4v) is 12.3. The van der Waals surface area contributed by atoms with E-state index in [1.807, 2.05) is 0 Å². The highest BCUT2D eigenvalue weighted by Crippen LogP contribution is 2.45. The van der Waals surface area contributed by atoms with Gasteiger partial charge in [-0.15, -0.1) is 0 Å². The monoisotopic (exact) mass is 1310 g/mol. The second kappa shape index (κ2) is 64.8. The Balaban J connectivity index is 5.12. The molecular formula is C70H136O17P2. The van der Waals surface area contributed by atoms with Gasteiger partial charge in [0.05, 0.1) is 26.4 Å². The average Bonchev–Trinajstić information content (AvgIpc) is 3.60. The molecule has 89 heavy (non-hydrogen) atoms. The summed E-state index contributed by atoms with van der Waals surface area (Å²) in [6.45, 7) is 4.89. The largest absolute Gasteiger partial charge is 0.472 e. The molecule has 0 amide bonds. The summed E-state index contributed by atoms with van der Waals surface area (Å²) in [7, 11) is -9.89. The molecule has 0 spiro atoms. The van der Waals surface area contributed by atoms with Crippen LogP contribution in [-0.2, 0) is 65.4 Å². The van der Waals surface area contributed by atoms with Crippen molar-refractivity contribution in [2.75, 3.05) is 39.6 Å². The first kappa shape index (κ1) is 87.1. The molecule has 2 unspecified atom stereocenters. The van der Waals surface area contributed by atoms with E-state index in [0.717, 1.165) is 96.3 Å². The van der Waals surface area contributed by atoms with Crippen LogP contribution in [-0.4, -0.2) is 96.7 Å². The maximum atomic E-state index is 13.0. The second-order valence-electron chi connectivity index (χ2n) is 25.3. The number of hydrogen-bond acceptors (Lipinski definition) is 15. The lowest BCUT2D eigenvalue weighted by molar-refractivity contribution is -0.161. The van der Waals surface area contributed by atoms with Crippen LogP contribution in [0.15, 0.2) is 0 Å². The summed E-state index contributed by atoms with van der Waals surface area (Å²) in [5, 5.41) is 10.6. The van der Waals surface area contributed by atoms with E-state index in [-0.39, 0.29) is 25.7 Å². The maximum absolute atomic E-state index is 13.0. The molecule has 0 aliphatic heterocycles. The number of phosphoric acid groups is 2. The van der Waals surface area contributed by atoms with Crippen LogP contribution >= 0.6 is 15.6 Å². The van der Waals surface area contributed by atoms with Crippen LogP contribution in [0.25, 0.3) is 0 Å². The van der Waals surface area contributed by atoms with Gasteiger partial charge >= 0.3 is 39.5 Å². The number of carbonyl (C=O) groups is 4. The Morgan fingerprint density at radius 1 is 0.270 bits per heavy atom. The molecule has 5 atom stereocenters. The van der Waals surface area contributed by atoms with Crippen molar-refractivity contribution < 1.29 is 80.2 Å². The maximum Gasteiger partial charge on any atom is 0.472 e. The smallest absolute Gasteiger partial charge is 0.462 e. The molecular weight excluding hydrogens is 1170 g/mol. The zero-order valence-electron chi connectivity index (χ0n) is 57.4. The van der Waals surface area contributed by atoms with E-state index >= 15 is 0 Å². The minimum absolute atomic E-state index is 0.106. The number of aliphatic hydroxyl groups is 1. The number of hydrogen-bond donors (Lipinski definition) is 3. The summed E-state index contributed by atoms with van der Waals surface area (Å²) in [6.07, 6.45) is 52.9. The van der Waals surface area contributed by atoms with Crippen molar-refractivity contribution in [3.05, 3.63) is 0 Å². The standard InChI is InChI=1S/C70H136O17P2/c1-5-9-13-17-21-25-27-28-29-30-31-32-33-34-35-36-38-41-45-49-53-57-70(75)87-66(61-81-68(73)55-51-47-43-40-37-26-22-18-14-10-6-2)63-85-89(78,79)83-59-64(71)58-82-88(76,77)84-62-65(60-80-67(72)54-50-46-42-24-20-16-12-8-4)86-69(74)56-52-48-44-39-23-19-15-11-7-3/h64-66,71H,5-63H2,1-4H3,(H,76,77)(H,78,79)/t64-,65+,66+/m0/s1. The normalized spacial score (nSPS) is 14.0. The minimum atomic E-state index is -4.95. The van der Waals surface area contributed by atoms with E-state index in [9.17, 15) is 43.2 Å². The predicted octanol–water partition coefficient (Wildman–Crippen LogP) is 20.3. The number of esters is 4. The van der Waals surface area contributed by atoms with Gasteiger partial charge in [0.1, 0.15) is 19.3 Å². The highest BCUT2D eigenvalue weighted by atomic mass is 31.2. The van der Waals surface area contributed by atoms with Gasteiger partial charge in [0.2, 0.25) is 0 Å². The number of phosphoric ester groups is 2. The molecule has 3 N–H and O–H groups in total. The van der Waals surface area contributed by atoms with Crippen molar-refractivity contribution in [3.63, 3.8) is 0 Å². The van der Waals surface area contributed by atoms with Crippen molar-refractivity contribution in [2.24, 2.45) is 0 Å². The molecule has 0 aliphatic carbocycles. The van der Waals surface area contributed by atoms with Gasteiger partial charge in [-0.3, -0.25) is 37.3 Å². The molecule has 17 nitrogen and oxygen atoms in total. The van der Waals surface area contributed by atoms with Crippen molar-refractivity contribution >= 4 is 39.5 Å². The van der Waals surface area contributed by atoms with Crippen molar-refractivity contribution in [1.82, 2.24) is 0 Å². The molecule has 528 valence electrons. The first-order valence-electron chi connectivity index (χ1n) is 36.8. The van der Waals surface area contributed by atoms with Crippen LogP contribution in [0.5, 0.6) is 0 Å². The Kier molecular flexibility index (Phi) is 63.3. The average molecular weight is 1310 g/mol. The molecule has 0 aliphatic rings. The van der Waals surface area contributed by atoms with E-state index < -0.39 is 97.5 Å². The molecule has 0 radical (unpaired) electrons. The third-order valence-electron chi connectivity index (χ3n) is 16.4. The predicted molar refractivity (Wildman–Crippen MR) is 359 cm³/mol. The lowest BCUT2D eigenvalue weighted by atomic mass is 10.0. The quantitative estimate of drug-likeness (QED) is 0.0222. The third kappa shape index (κ3) is 64.6. The lowest BCUT2D eigenvalue weighted by Gasteiger charge is -2.21. The summed E-state index contributed by atoms with van der Waals surface area (Å²) in [6, 6.07) is 0. The zero-order valence-corrected chi connectivity index (χ0v) is 59.2. The number of unbranched alkanes of at least 4 members (excludes halogenated alkanes) is 45. The molecule has 19 heteroatoms. The summed E-state index contributed by atoms with van der Waals surface area (Å²) < 4.78 is 68.1. The lowest BCUT2D eigenvalue weighted by Crippen LogP contribution is -2.30. The fourth-order valence-electron chi connectivity index (χ4n) is 10.7. The molecule has 0 saturated heterocycles. The summed E-state index contributed by atoms with van der Waals surface area (Å²) in [5.74, 6) is -2.13. The Labute approximate surface area is 543 Å². The Hall–Kier alpha value is -1.94. The summed E-state index contributed by atoms with van der Waals surface area (Å²) in [4.78, 5) is 72.3. The van der Waals surface area contributed by atoms with Gasteiger partial charge in [-0.2, -0.15) is 0 Å². The first-order chi connectivity index (χ1) is 43.2. The van der Waals surface area contributed by atoms with E-state index in [2.05, 4.69) is 27.7 Å². The Bertz CT molecular complexity index is 1710. The molecule has 0 saturated carbocycles. The van der Waals surface area contributed by atoms with Crippen LogP contribution in [0, 0.1) is 0 Å². The molecule has 0 aromatic heterocycles. The van der Waals surface area contributed by atoms with E-state index in [1.165, 1.54) is 193 Å². The summed E-state index contributed by atoms with van der Waals surface area (Å²) in [5.41, 5.74) is 0. The van der Waals surface area contributed by atoms with Gasteiger partial charge in [-0.05, 0) is 25.7 Å². The van der Waals surface area contributed by atoms with Crippen molar-refractivity contribution in [3.8, 4) is 0 Å². The van der Waals surface area contributed by atoms with Gasteiger partial charge in [0.15, 0.2) is 12.2 Å². The molecule has 0 heterocycles. The van der Waals surface area contributed by atoms with Crippen LogP contribution in [0.3, 0.4) is 0 Å². The summed E-state index contributed by atoms with van der Waals surface area (Å²) >= 11 is 0. The number of rotatable bonds is 71. The van der Waals surface area contributed by atoms with Crippen LogP contribution < -0.4 is 0 Å². The van der Waals surface area contributed by atoms with E-state index in [4.69, 9.17) is 37.0 Å². The van der Waals surface area contributed by atoms with E-state index in [1.54, 1.807) is 0 Å². The van der Waals surface area contributed by atoms with Crippen molar-refractivity contribution in [2.45, 2.75) is 386 Å². The molecule has 0 fully saturated rings. The van der Waals surface area contributed by atoms with Gasteiger partial charge < -0.3 is 33.8 Å². The first-order valence-corrected chi connectivity index (χ1v) is 39.8. The topological polar surface area (TPSA) is 237 Å². The number of aliphatic hydroxyl groups excluding tert-OH is 1. The minimum Gasteiger partial charge on any atom is -0.462 e. The van der Waals surface area contributed by atoms with Crippen molar-refractivity contribution in [1.29, 1.82) is 0 Å². The second-order valence-corrected chi connectivity index (χ2v) is 28.2. The molecule has 0 aromatic carbocycles. The molecule has 0 aromatic rings. The highest BCUT2D eigenvalue weighted by molar-refractivity contribution is 7.47. The highest BCUT2D eigenvalue weighted by Gasteiger charge is 2.30. The van der Waals surface area contributed by atoms with Gasteiger partial charge in [-0.25, -0.2) is 9.13 Å². The van der Waals surface area contributed by atoms with Crippen LogP contribution in [0.4, 0.5) is 0 Å². The SMILES string of the molecule is CCCCCCCCCCCCCCCCCCCCCCCC(=O)O[C@H](COC(=O)CCCCCCCCCCCCC)COP(=O)(O)OC[C@@H](O)COP(=O)(O)OC[C@@H](COC(=O)CCCCCCCCCC)OC(=O)CCCCCCCCCCC. The van der Waals surface area contributed by atoms with Gasteiger partial charge in [0.25, 0.3) is 0 Å². The van der Waals surface area contributed by atoms with Gasteiger partial charge in [-0.1, -0.05) is 317 Å².